The molecule has 4 amide bonds. The fourth-order valence-corrected chi connectivity index (χ4v) is 3.37. The molecule has 7 nitrogen and oxygen atoms in total. The molecule has 0 aliphatic carbocycles. The molecular formula is C23H27N3O4. The molecule has 158 valence electrons. The molecule has 0 saturated carbocycles. The van der Waals surface area contributed by atoms with E-state index >= 15 is 0 Å². The largest absolute Gasteiger partial charge is 0.385 e. The molecule has 1 aliphatic heterocycles. The van der Waals surface area contributed by atoms with Gasteiger partial charge in [0.25, 0.3) is 11.8 Å². The number of unbranched alkanes of at least 4 members (excludes halogenated alkanes) is 1. The number of urea groups is 1. The van der Waals surface area contributed by atoms with Gasteiger partial charge in [0.15, 0.2) is 0 Å². The second-order valence-electron chi connectivity index (χ2n) is 7.25. The maximum absolute atomic E-state index is 12.6. The predicted molar refractivity (Wildman–Crippen MR) is 116 cm³/mol. The Morgan fingerprint density at radius 2 is 1.60 bits per heavy atom. The van der Waals surface area contributed by atoms with Gasteiger partial charge in [-0.15, -0.1) is 0 Å². The summed E-state index contributed by atoms with van der Waals surface area (Å²) in [4.78, 5) is 38.5. The minimum Gasteiger partial charge on any atom is -0.385 e. The van der Waals surface area contributed by atoms with Crippen LogP contribution in [0.4, 0.5) is 16.2 Å². The molecule has 7 heteroatoms. The summed E-state index contributed by atoms with van der Waals surface area (Å²) in [6, 6.07) is 12.1. The van der Waals surface area contributed by atoms with E-state index in [1.165, 1.54) is 10.5 Å². The number of fused-ring (bicyclic) bond motifs is 1. The summed E-state index contributed by atoms with van der Waals surface area (Å²) >= 11 is 0. The van der Waals surface area contributed by atoms with Crippen LogP contribution in [0.25, 0.3) is 0 Å². The lowest BCUT2D eigenvalue weighted by Crippen LogP contribution is -2.31. The van der Waals surface area contributed by atoms with Gasteiger partial charge in [0, 0.05) is 31.6 Å². The van der Waals surface area contributed by atoms with Crippen molar-refractivity contribution in [1.82, 2.24) is 4.90 Å². The minimum atomic E-state index is -0.412. The number of carbonyl (C=O) groups is 3. The number of amides is 4. The van der Waals surface area contributed by atoms with Gasteiger partial charge >= 0.3 is 6.03 Å². The van der Waals surface area contributed by atoms with Crippen molar-refractivity contribution in [3.63, 3.8) is 0 Å². The number of aryl methyl sites for hydroxylation is 1. The predicted octanol–water partition coefficient (Wildman–Crippen LogP) is 4.31. The van der Waals surface area contributed by atoms with Gasteiger partial charge in [-0.2, -0.15) is 0 Å². The Bertz CT molecular complexity index is 925. The summed E-state index contributed by atoms with van der Waals surface area (Å²) < 4.78 is 4.98. The van der Waals surface area contributed by atoms with Crippen LogP contribution < -0.4 is 10.6 Å². The van der Waals surface area contributed by atoms with Crippen molar-refractivity contribution in [3.05, 3.63) is 59.2 Å². The lowest BCUT2D eigenvalue weighted by atomic mass is 10.1. The number of methoxy groups -OCH3 is 1. The van der Waals surface area contributed by atoms with Gasteiger partial charge in [-0.1, -0.05) is 25.5 Å². The van der Waals surface area contributed by atoms with Crippen molar-refractivity contribution in [2.75, 3.05) is 30.9 Å². The zero-order valence-electron chi connectivity index (χ0n) is 17.4. The van der Waals surface area contributed by atoms with Crippen molar-refractivity contribution >= 4 is 29.2 Å². The van der Waals surface area contributed by atoms with E-state index in [9.17, 15) is 14.4 Å². The van der Waals surface area contributed by atoms with Gasteiger partial charge in [-0.05, 0) is 55.2 Å². The number of nitrogens with zero attached hydrogens (tertiary/aromatic N) is 1. The normalized spacial score (nSPS) is 12.8. The average molecular weight is 409 g/mol. The highest BCUT2D eigenvalue weighted by molar-refractivity contribution is 6.22. The van der Waals surface area contributed by atoms with E-state index in [1.54, 1.807) is 25.3 Å². The molecule has 0 saturated heterocycles. The number of hydrogen-bond acceptors (Lipinski definition) is 4. The Balaban J connectivity index is 1.61. The second-order valence-corrected chi connectivity index (χ2v) is 7.25. The van der Waals surface area contributed by atoms with Crippen LogP contribution in [0, 0.1) is 0 Å². The van der Waals surface area contributed by atoms with E-state index in [0.29, 0.717) is 42.1 Å². The van der Waals surface area contributed by atoms with Crippen LogP contribution in [0.15, 0.2) is 42.5 Å². The number of anilines is 2. The number of rotatable bonds is 9. The van der Waals surface area contributed by atoms with Crippen LogP contribution in [0.5, 0.6) is 0 Å². The molecule has 30 heavy (non-hydrogen) atoms. The lowest BCUT2D eigenvalue weighted by Gasteiger charge is -2.12. The molecule has 2 N–H and O–H groups in total. The quantitative estimate of drug-likeness (QED) is 0.477. The zero-order valence-corrected chi connectivity index (χ0v) is 17.4. The summed E-state index contributed by atoms with van der Waals surface area (Å²) in [5.41, 5.74) is 3.02. The number of nitrogens with one attached hydrogen (secondary N) is 2. The van der Waals surface area contributed by atoms with Crippen molar-refractivity contribution in [2.24, 2.45) is 0 Å². The maximum Gasteiger partial charge on any atom is 0.323 e. The summed E-state index contributed by atoms with van der Waals surface area (Å²) in [5, 5.41) is 5.50. The monoisotopic (exact) mass is 409 g/mol. The van der Waals surface area contributed by atoms with Crippen LogP contribution in [-0.4, -0.2) is 43.0 Å². The van der Waals surface area contributed by atoms with Gasteiger partial charge < -0.3 is 15.4 Å². The number of hydrogen-bond donors (Lipinski definition) is 2. The van der Waals surface area contributed by atoms with Crippen LogP contribution in [0.2, 0.25) is 0 Å². The molecule has 0 spiro atoms. The smallest absolute Gasteiger partial charge is 0.323 e. The molecule has 0 aromatic heterocycles. The van der Waals surface area contributed by atoms with Crippen molar-refractivity contribution in [1.29, 1.82) is 0 Å². The number of carbonyl (C=O) groups excluding carboxylic acids is 3. The van der Waals surface area contributed by atoms with Crippen molar-refractivity contribution in [2.45, 2.75) is 32.6 Å². The number of imide groups is 1. The summed E-state index contributed by atoms with van der Waals surface area (Å²) in [5.74, 6) is -0.664. The van der Waals surface area contributed by atoms with Crippen molar-refractivity contribution < 1.29 is 19.1 Å². The third-order valence-electron chi connectivity index (χ3n) is 4.99. The Kier molecular flexibility index (Phi) is 7.19. The van der Waals surface area contributed by atoms with Crippen LogP contribution in [-0.2, 0) is 11.2 Å². The number of ether oxygens (including phenoxy) is 1. The van der Waals surface area contributed by atoms with Gasteiger partial charge in [-0.25, -0.2) is 4.79 Å². The standard InChI is InChI=1S/C23H27N3O4/c1-3-4-6-16-7-9-17(10-8-16)24-23(29)25-18-11-12-19-20(15-18)22(28)26(21(19)27)13-5-14-30-2/h7-12,15H,3-6,13-14H2,1-2H3,(H2,24,25,29). The SMILES string of the molecule is CCCCc1ccc(NC(=O)Nc2ccc3c(c2)C(=O)N(CCCOC)C3=O)cc1. The maximum atomic E-state index is 12.6. The van der Waals surface area contributed by atoms with Crippen LogP contribution in [0.3, 0.4) is 0 Å². The molecule has 0 unspecified atom stereocenters. The van der Waals surface area contributed by atoms with Gasteiger partial charge in [0.2, 0.25) is 0 Å². The van der Waals surface area contributed by atoms with E-state index in [-0.39, 0.29) is 11.8 Å². The topological polar surface area (TPSA) is 87.7 Å². The summed E-state index contributed by atoms with van der Waals surface area (Å²) in [6.45, 7) is 2.93. The molecule has 0 fully saturated rings. The highest BCUT2D eigenvalue weighted by Gasteiger charge is 2.35. The van der Waals surface area contributed by atoms with Crippen molar-refractivity contribution in [3.8, 4) is 0 Å². The molecular weight excluding hydrogens is 382 g/mol. The second kappa shape index (κ2) is 10.0. The van der Waals surface area contributed by atoms with E-state index in [0.717, 1.165) is 19.3 Å². The fourth-order valence-electron chi connectivity index (χ4n) is 3.37. The molecule has 2 aromatic carbocycles. The van der Waals surface area contributed by atoms with E-state index in [2.05, 4.69) is 17.6 Å². The average Bonchev–Trinajstić information content (AvgIpc) is 2.97. The molecule has 0 bridgehead atoms. The molecule has 0 atom stereocenters. The van der Waals surface area contributed by atoms with E-state index < -0.39 is 6.03 Å². The zero-order chi connectivity index (χ0) is 21.5. The fraction of sp³-hybridized carbons (Fsp3) is 0.348. The Morgan fingerprint density at radius 1 is 0.933 bits per heavy atom. The van der Waals surface area contributed by atoms with E-state index in [1.807, 2.05) is 24.3 Å². The molecule has 2 aromatic rings. The van der Waals surface area contributed by atoms with Crippen LogP contribution in [0.1, 0.15) is 52.5 Å². The molecule has 0 radical (unpaired) electrons. The first-order valence-corrected chi connectivity index (χ1v) is 10.2. The van der Waals surface area contributed by atoms with E-state index in [4.69, 9.17) is 4.74 Å². The molecule has 3 rings (SSSR count). The summed E-state index contributed by atoms with van der Waals surface area (Å²) in [6.07, 6.45) is 3.87. The first kappa shape index (κ1) is 21.5. The van der Waals surface area contributed by atoms with Gasteiger partial charge in [0.1, 0.15) is 0 Å². The Labute approximate surface area is 176 Å². The highest BCUT2D eigenvalue weighted by Crippen LogP contribution is 2.26. The number of benzene rings is 2. The summed E-state index contributed by atoms with van der Waals surface area (Å²) in [7, 11) is 1.58. The molecule has 1 heterocycles. The molecule has 1 aliphatic rings. The first-order chi connectivity index (χ1) is 14.5. The third-order valence-corrected chi connectivity index (χ3v) is 4.99. The minimum absolute atomic E-state index is 0.301. The highest BCUT2D eigenvalue weighted by atomic mass is 16.5. The first-order valence-electron chi connectivity index (χ1n) is 10.2. The Morgan fingerprint density at radius 3 is 2.30 bits per heavy atom. The van der Waals surface area contributed by atoms with Gasteiger partial charge in [0.05, 0.1) is 11.1 Å². The third kappa shape index (κ3) is 5.04. The lowest BCUT2D eigenvalue weighted by molar-refractivity contribution is 0.0638. The van der Waals surface area contributed by atoms with Gasteiger partial charge in [-0.3, -0.25) is 14.5 Å². The Hall–Kier alpha value is -3.19. The van der Waals surface area contributed by atoms with Crippen LogP contribution >= 0.6 is 0 Å².